The molecule has 3 rings (SSSR count). The predicted molar refractivity (Wildman–Crippen MR) is 103 cm³/mol. The molecule has 140 valence electrons. The smallest absolute Gasteiger partial charge is 0.253 e. The Kier molecular flexibility index (Phi) is 5.54. The number of benzene rings is 2. The number of nitrogens with one attached hydrogen (secondary N) is 2. The average Bonchev–Trinajstić information content (AvgIpc) is 3.53. The largest absolute Gasteiger partial charge is 0.355 e. The maximum Gasteiger partial charge on any atom is 0.253 e. The van der Waals surface area contributed by atoms with Gasteiger partial charge in [0.1, 0.15) is 0 Å². The van der Waals surface area contributed by atoms with Crippen LogP contribution in [0.25, 0.3) is 0 Å². The van der Waals surface area contributed by atoms with Crippen molar-refractivity contribution < 1.29 is 14.4 Å². The fourth-order valence-electron chi connectivity index (χ4n) is 2.76. The van der Waals surface area contributed by atoms with Crippen LogP contribution < -0.4 is 10.6 Å². The van der Waals surface area contributed by atoms with E-state index in [0.29, 0.717) is 23.4 Å². The zero-order chi connectivity index (χ0) is 19.4. The van der Waals surface area contributed by atoms with Crippen LogP contribution in [0.3, 0.4) is 0 Å². The van der Waals surface area contributed by atoms with E-state index < -0.39 is 0 Å². The monoisotopic (exact) mass is 365 g/mol. The number of anilines is 1. The Hall–Kier alpha value is -3.15. The molecule has 3 amide bonds. The molecule has 1 aliphatic rings. The number of carbonyl (C=O) groups excluding carboxylic acids is 3. The van der Waals surface area contributed by atoms with E-state index in [1.54, 1.807) is 55.4 Å². The Labute approximate surface area is 158 Å². The molecule has 0 spiro atoms. The highest BCUT2D eigenvalue weighted by atomic mass is 16.2. The standard InChI is InChI=1S/C21H23N3O3/c1-22-19(25)15-5-3-14(4-6-15)13-24(2)21(27)17-9-11-18(12-10-17)23-20(26)16-7-8-16/h3-6,9-12,16H,7-8,13H2,1-2H3,(H,22,25)(H,23,26). The van der Waals surface area contributed by atoms with Crippen molar-refractivity contribution in [3.63, 3.8) is 0 Å². The summed E-state index contributed by atoms with van der Waals surface area (Å²) in [5.74, 6) is -0.0519. The summed E-state index contributed by atoms with van der Waals surface area (Å²) in [5.41, 5.74) is 2.78. The zero-order valence-electron chi connectivity index (χ0n) is 15.5. The van der Waals surface area contributed by atoms with E-state index in [1.165, 1.54) is 0 Å². The SMILES string of the molecule is CNC(=O)c1ccc(CN(C)C(=O)c2ccc(NC(=O)C3CC3)cc2)cc1. The van der Waals surface area contributed by atoms with E-state index in [0.717, 1.165) is 18.4 Å². The Morgan fingerprint density at radius 3 is 2.11 bits per heavy atom. The normalized spacial score (nSPS) is 13.0. The van der Waals surface area contributed by atoms with Crippen molar-refractivity contribution in [2.75, 3.05) is 19.4 Å². The number of rotatable bonds is 6. The molecule has 0 atom stereocenters. The fourth-order valence-corrected chi connectivity index (χ4v) is 2.76. The molecule has 0 saturated heterocycles. The van der Waals surface area contributed by atoms with E-state index >= 15 is 0 Å². The van der Waals surface area contributed by atoms with Crippen LogP contribution >= 0.6 is 0 Å². The van der Waals surface area contributed by atoms with Gasteiger partial charge in [-0.15, -0.1) is 0 Å². The highest BCUT2D eigenvalue weighted by Crippen LogP contribution is 2.30. The maximum absolute atomic E-state index is 12.6. The lowest BCUT2D eigenvalue weighted by Crippen LogP contribution is -2.26. The van der Waals surface area contributed by atoms with Gasteiger partial charge in [0.2, 0.25) is 5.91 Å². The molecule has 27 heavy (non-hydrogen) atoms. The fraction of sp³-hybridized carbons (Fsp3) is 0.286. The van der Waals surface area contributed by atoms with Crippen molar-refractivity contribution in [3.8, 4) is 0 Å². The molecule has 0 bridgehead atoms. The second kappa shape index (κ2) is 8.03. The Morgan fingerprint density at radius 2 is 1.56 bits per heavy atom. The molecule has 0 heterocycles. The molecule has 1 aliphatic carbocycles. The van der Waals surface area contributed by atoms with Crippen LogP contribution in [-0.2, 0) is 11.3 Å². The maximum atomic E-state index is 12.6. The molecular formula is C21H23N3O3. The van der Waals surface area contributed by atoms with Crippen LogP contribution in [0, 0.1) is 5.92 Å². The first-order chi connectivity index (χ1) is 13.0. The van der Waals surface area contributed by atoms with Gasteiger partial charge in [0.25, 0.3) is 11.8 Å². The molecule has 6 nitrogen and oxygen atoms in total. The van der Waals surface area contributed by atoms with Crippen LogP contribution in [0.5, 0.6) is 0 Å². The van der Waals surface area contributed by atoms with Gasteiger partial charge in [-0.2, -0.15) is 0 Å². The van der Waals surface area contributed by atoms with Crippen LogP contribution in [-0.4, -0.2) is 36.7 Å². The van der Waals surface area contributed by atoms with Crippen molar-refractivity contribution in [1.82, 2.24) is 10.2 Å². The second-order valence-electron chi connectivity index (χ2n) is 6.78. The molecular weight excluding hydrogens is 342 g/mol. The van der Waals surface area contributed by atoms with Gasteiger partial charge >= 0.3 is 0 Å². The first-order valence-electron chi connectivity index (χ1n) is 8.95. The van der Waals surface area contributed by atoms with Crippen LogP contribution in [0.15, 0.2) is 48.5 Å². The zero-order valence-corrected chi connectivity index (χ0v) is 15.5. The molecule has 2 N–H and O–H groups in total. The first kappa shape index (κ1) is 18.6. The van der Waals surface area contributed by atoms with Gasteiger partial charge in [-0.25, -0.2) is 0 Å². The summed E-state index contributed by atoms with van der Waals surface area (Å²) in [4.78, 5) is 37.6. The number of carbonyl (C=O) groups is 3. The van der Waals surface area contributed by atoms with Crippen molar-refractivity contribution in [1.29, 1.82) is 0 Å². The third kappa shape index (κ3) is 4.73. The summed E-state index contributed by atoms with van der Waals surface area (Å²) in [7, 11) is 3.32. The van der Waals surface area contributed by atoms with Crippen molar-refractivity contribution in [2.45, 2.75) is 19.4 Å². The number of hydrogen-bond donors (Lipinski definition) is 2. The summed E-state index contributed by atoms with van der Waals surface area (Å²) in [6.45, 7) is 0.438. The molecule has 1 fully saturated rings. The van der Waals surface area contributed by atoms with Gasteiger partial charge in [0.15, 0.2) is 0 Å². The third-order valence-electron chi connectivity index (χ3n) is 4.56. The summed E-state index contributed by atoms with van der Waals surface area (Å²) in [6.07, 6.45) is 1.91. The van der Waals surface area contributed by atoms with E-state index in [4.69, 9.17) is 0 Å². The van der Waals surface area contributed by atoms with E-state index in [2.05, 4.69) is 10.6 Å². The quantitative estimate of drug-likeness (QED) is 0.826. The van der Waals surface area contributed by atoms with E-state index in [-0.39, 0.29) is 23.6 Å². The summed E-state index contributed by atoms with van der Waals surface area (Å²) >= 11 is 0. The van der Waals surface area contributed by atoms with Gasteiger partial charge < -0.3 is 15.5 Å². The minimum Gasteiger partial charge on any atom is -0.355 e. The number of amides is 3. The van der Waals surface area contributed by atoms with Crippen LogP contribution in [0.4, 0.5) is 5.69 Å². The van der Waals surface area contributed by atoms with Gasteiger partial charge in [-0.05, 0) is 54.8 Å². The molecule has 2 aromatic rings. The molecule has 6 heteroatoms. The Balaban J connectivity index is 1.59. The Bertz CT molecular complexity index is 840. The van der Waals surface area contributed by atoms with Gasteiger partial charge in [-0.1, -0.05) is 12.1 Å². The summed E-state index contributed by atoms with van der Waals surface area (Å²) < 4.78 is 0. The third-order valence-corrected chi connectivity index (χ3v) is 4.56. The molecule has 2 aromatic carbocycles. The lowest BCUT2D eigenvalue weighted by Gasteiger charge is -2.18. The minimum atomic E-state index is -0.139. The molecule has 0 radical (unpaired) electrons. The van der Waals surface area contributed by atoms with E-state index in [9.17, 15) is 14.4 Å². The lowest BCUT2D eigenvalue weighted by molar-refractivity contribution is -0.117. The van der Waals surface area contributed by atoms with Crippen molar-refractivity contribution in [3.05, 3.63) is 65.2 Å². The number of nitrogens with zero attached hydrogens (tertiary/aromatic N) is 1. The molecule has 0 aliphatic heterocycles. The van der Waals surface area contributed by atoms with Gasteiger partial charge in [0.05, 0.1) is 0 Å². The predicted octanol–water partition coefficient (Wildman–Crippen LogP) is 2.67. The van der Waals surface area contributed by atoms with E-state index in [1.807, 2.05) is 12.1 Å². The first-order valence-corrected chi connectivity index (χ1v) is 8.95. The minimum absolute atomic E-state index is 0.0476. The van der Waals surface area contributed by atoms with Crippen LogP contribution in [0.1, 0.15) is 39.1 Å². The summed E-state index contributed by atoms with van der Waals surface area (Å²) in [5, 5.41) is 5.44. The Morgan fingerprint density at radius 1 is 0.963 bits per heavy atom. The van der Waals surface area contributed by atoms with Crippen molar-refractivity contribution >= 4 is 23.4 Å². The average molecular weight is 365 g/mol. The highest BCUT2D eigenvalue weighted by molar-refractivity contribution is 5.97. The van der Waals surface area contributed by atoms with Gasteiger partial charge in [0, 0.05) is 43.4 Å². The number of hydrogen-bond acceptors (Lipinski definition) is 3. The topological polar surface area (TPSA) is 78.5 Å². The summed E-state index contributed by atoms with van der Waals surface area (Å²) in [6, 6.07) is 14.1. The highest BCUT2D eigenvalue weighted by Gasteiger charge is 2.29. The second-order valence-corrected chi connectivity index (χ2v) is 6.78. The van der Waals surface area contributed by atoms with Gasteiger partial charge in [-0.3, -0.25) is 14.4 Å². The van der Waals surface area contributed by atoms with Crippen LogP contribution in [0.2, 0.25) is 0 Å². The molecule has 0 unspecified atom stereocenters. The lowest BCUT2D eigenvalue weighted by atomic mass is 10.1. The van der Waals surface area contributed by atoms with Crippen molar-refractivity contribution in [2.24, 2.45) is 5.92 Å². The molecule has 1 saturated carbocycles. The molecule has 0 aromatic heterocycles.